The Hall–Kier alpha value is -1.65. The lowest BCUT2D eigenvalue weighted by Crippen LogP contribution is -2.30. The van der Waals surface area contributed by atoms with Crippen LogP contribution in [-0.4, -0.2) is 24.8 Å². The molecule has 0 aromatic heterocycles. The lowest BCUT2D eigenvalue weighted by atomic mass is 10.2. The number of nitrogens with one attached hydrogen (secondary N) is 1. The summed E-state index contributed by atoms with van der Waals surface area (Å²) in [5, 5.41) is 3.62. The van der Waals surface area contributed by atoms with E-state index >= 15 is 0 Å². The molecule has 0 saturated carbocycles. The van der Waals surface area contributed by atoms with Gasteiger partial charge in [-0.1, -0.05) is 42.8 Å². The van der Waals surface area contributed by atoms with E-state index in [2.05, 4.69) is 18.3 Å². The molecule has 2 rings (SSSR count). The molecule has 0 spiro atoms. The van der Waals surface area contributed by atoms with Crippen LogP contribution in [0.15, 0.2) is 48.5 Å². The third-order valence-electron chi connectivity index (χ3n) is 3.43. The molecule has 5 heteroatoms. The number of hydrogen-bond acceptors (Lipinski definition) is 3. The first-order valence-corrected chi connectivity index (χ1v) is 9.51. The van der Waals surface area contributed by atoms with Crippen molar-refractivity contribution in [1.29, 1.82) is 0 Å². The molecule has 3 nitrogen and oxygen atoms in total. The van der Waals surface area contributed by atoms with Gasteiger partial charge in [0.1, 0.15) is 5.75 Å². The SMILES string of the molecule is CCc1ccc(OCC(=O)NCCSCc2cccc(Cl)c2)cc1. The van der Waals surface area contributed by atoms with Gasteiger partial charge in [-0.25, -0.2) is 0 Å². The summed E-state index contributed by atoms with van der Waals surface area (Å²) in [6.07, 6.45) is 0.994. The maximum absolute atomic E-state index is 11.8. The molecule has 1 amide bonds. The molecule has 0 aliphatic heterocycles. The first-order chi connectivity index (χ1) is 11.7. The fraction of sp³-hybridized carbons (Fsp3) is 0.316. The molecule has 2 aromatic carbocycles. The van der Waals surface area contributed by atoms with Crippen LogP contribution in [0.25, 0.3) is 0 Å². The Morgan fingerprint density at radius 2 is 1.96 bits per heavy atom. The van der Waals surface area contributed by atoms with Crippen LogP contribution in [0.1, 0.15) is 18.1 Å². The number of rotatable bonds is 9. The van der Waals surface area contributed by atoms with Gasteiger partial charge < -0.3 is 10.1 Å². The standard InChI is InChI=1S/C19H22ClNO2S/c1-2-15-6-8-18(9-7-15)23-13-19(22)21-10-11-24-14-16-4-3-5-17(20)12-16/h3-9,12H,2,10-11,13-14H2,1H3,(H,21,22). The number of hydrogen-bond donors (Lipinski definition) is 1. The summed E-state index contributed by atoms with van der Waals surface area (Å²) < 4.78 is 5.47. The average molecular weight is 364 g/mol. The Kier molecular flexibility index (Phi) is 7.99. The van der Waals surface area contributed by atoms with Crippen molar-refractivity contribution in [2.75, 3.05) is 18.9 Å². The molecule has 1 N–H and O–H groups in total. The normalized spacial score (nSPS) is 10.4. The van der Waals surface area contributed by atoms with Gasteiger partial charge in [0.05, 0.1) is 0 Å². The van der Waals surface area contributed by atoms with Crippen molar-refractivity contribution < 1.29 is 9.53 Å². The predicted octanol–water partition coefficient (Wildman–Crippen LogP) is 4.33. The maximum Gasteiger partial charge on any atom is 0.257 e. The van der Waals surface area contributed by atoms with E-state index in [-0.39, 0.29) is 12.5 Å². The van der Waals surface area contributed by atoms with Crippen LogP contribution in [0.5, 0.6) is 5.75 Å². The molecule has 0 bridgehead atoms. The smallest absolute Gasteiger partial charge is 0.257 e. The summed E-state index contributed by atoms with van der Waals surface area (Å²) in [5.41, 5.74) is 2.45. The van der Waals surface area contributed by atoms with Crippen LogP contribution < -0.4 is 10.1 Å². The van der Waals surface area contributed by atoms with Gasteiger partial charge in [0, 0.05) is 23.1 Å². The highest BCUT2D eigenvalue weighted by Crippen LogP contribution is 2.16. The monoisotopic (exact) mass is 363 g/mol. The van der Waals surface area contributed by atoms with Crippen molar-refractivity contribution in [3.8, 4) is 5.75 Å². The van der Waals surface area contributed by atoms with Crippen LogP contribution in [0.4, 0.5) is 0 Å². The Balaban J connectivity index is 1.57. The molecule has 0 heterocycles. The number of ether oxygens (including phenoxy) is 1. The van der Waals surface area contributed by atoms with Crippen LogP contribution in [0.2, 0.25) is 5.02 Å². The lowest BCUT2D eigenvalue weighted by Gasteiger charge is -2.08. The van der Waals surface area contributed by atoms with Gasteiger partial charge in [-0.2, -0.15) is 11.8 Å². The predicted molar refractivity (Wildman–Crippen MR) is 102 cm³/mol. The zero-order valence-corrected chi connectivity index (χ0v) is 15.3. The van der Waals surface area contributed by atoms with Crippen molar-refractivity contribution in [2.45, 2.75) is 19.1 Å². The average Bonchev–Trinajstić information content (AvgIpc) is 2.60. The van der Waals surface area contributed by atoms with Crippen LogP contribution in [0, 0.1) is 0 Å². The minimum absolute atomic E-state index is 0.0461. The quantitative estimate of drug-likeness (QED) is 0.674. The number of halogens is 1. The Morgan fingerprint density at radius 1 is 1.17 bits per heavy atom. The van der Waals surface area contributed by atoms with E-state index in [9.17, 15) is 4.79 Å². The number of benzene rings is 2. The minimum atomic E-state index is -0.0991. The Bertz CT molecular complexity index is 646. The molecule has 128 valence electrons. The summed E-state index contributed by atoms with van der Waals surface area (Å²) in [7, 11) is 0. The summed E-state index contributed by atoms with van der Waals surface area (Å²) in [5.74, 6) is 2.36. The molecule has 0 unspecified atom stereocenters. The number of carbonyl (C=O) groups is 1. The van der Waals surface area contributed by atoms with Crippen molar-refractivity contribution >= 4 is 29.3 Å². The van der Waals surface area contributed by atoms with Gasteiger partial charge in [0.15, 0.2) is 6.61 Å². The molecule has 0 radical (unpaired) electrons. The molecule has 0 fully saturated rings. The third-order valence-corrected chi connectivity index (χ3v) is 4.69. The van der Waals surface area contributed by atoms with Crippen molar-refractivity contribution in [2.24, 2.45) is 0 Å². The second kappa shape index (κ2) is 10.3. The number of amides is 1. The van der Waals surface area contributed by atoms with E-state index in [0.717, 1.165) is 28.7 Å². The van der Waals surface area contributed by atoms with Gasteiger partial charge in [-0.15, -0.1) is 0 Å². The summed E-state index contributed by atoms with van der Waals surface area (Å²) >= 11 is 7.71. The van der Waals surface area contributed by atoms with E-state index in [4.69, 9.17) is 16.3 Å². The van der Waals surface area contributed by atoms with Crippen LogP contribution in [0.3, 0.4) is 0 Å². The van der Waals surface area contributed by atoms with E-state index in [1.165, 1.54) is 11.1 Å². The van der Waals surface area contributed by atoms with Crippen molar-refractivity contribution in [3.63, 3.8) is 0 Å². The largest absolute Gasteiger partial charge is 0.484 e. The first kappa shape index (κ1) is 18.7. The second-order valence-corrected chi connectivity index (χ2v) is 6.86. The third kappa shape index (κ3) is 6.85. The van der Waals surface area contributed by atoms with E-state index in [1.807, 2.05) is 42.5 Å². The van der Waals surface area contributed by atoms with Gasteiger partial charge in [0.2, 0.25) is 0 Å². The second-order valence-electron chi connectivity index (χ2n) is 5.32. The fourth-order valence-electron chi connectivity index (χ4n) is 2.10. The molecule has 0 aliphatic rings. The zero-order chi connectivity index (χ0) is 17.2. The Labute approximate surface area is 152 Å². The van der Waals surface area contributed by atoms with E-state index in [1.54, 1.807) is 11.8 Å². The van der Waals surface area contributed by atoms with Gasteiger partial charge in [-0.05, 0) is 41.8 Å². The zero-order valence-electron chi connectivity index (χ0n) is 13.8. The lowest BCUT2D eigenvalue weighted by molar-refractivity contribution is -0.122. The fourth-order valence-corrected chi connectivity index (χ4v) is 3.12. The van der Waals surface area contributed by atoms with Gasteiger partial charge in [-0.3, -0.25) is 4.79 Å². The van der Waals surface area contributed by atoms with E-state index in [0.29, 0.717) is 6.54 Å². The van der Waals surface area contributed by atoms with Gasteiger partial charge >= 0.3 is 0 Å². The topological polar surface area (TPSA) is 38.3 Å². The maximum atomic E-state index is 11.8. The molecule has 2 aromatic rings. The van der Waals surface area contributed by atoms with E-state index < -0.39 is 0 Å². The molecule has 0 saturated heterocycles. The molecular formula is C19H22ClNO2S. The Morgan fingerprint density at radius 3 is 2.67 bits per heavy atom. The van der Waals surface area contributed by atoms with Gasteiger partial charge in [0.25, 0.3) is 5.91 Å². The summed E-state index contributed by atoms with van der Waals surface area (Å²) in [6.45, 7) is 2.78. The number of thioether (sulfide) groups is 1. The molecule has 0 aliphatic carbocycles. The van der Waals surface area contributed by atoms with Crippen LogP contribution in [-0.2, 0) is 17.0 Å². The van der Waals surface area contributed by atoms with Crippen molar-refractivity contribution in [1.82, 2.24) is 5.32 Å². The molecule has 24 heavy (non-hydrogen) atoms. The highest BCUT2D eigenvalue weighted by molar-refractivity contribution is 7.98. The summed E-state index contributed by atoms with van der Waals surface area (Å²) in [6, 6.07) is 15.6. The number of aryl methyl sites for hydroxylation is 1. The highest BCUT2D eigenvalue weighted by atomic mass is 35.5. The van der Waals surface area contributed by atoms with Crippen LogP contribution >= 0.6 is 23.4 Å². The first-order valence-electron chi connectivity index (χ1n) is 7.98. The minimum Gasteiger partial charge on any atom is -0.484 e. The molecule has 0 atom stereocenters. The highest BCUT2D eigenvalue weighted by Gasteiger charge is 2.02. The summed E-state index contributed by atoms with van der Waals surface area (Å²) in [4.78, 5) is 11.8. The van der Waals surface area contributed by atoms with Crippen molar-refractivity contribution in [3.05, 3.63) is 64.7 Å². The molecular weight excluding hydrogens is 342 g/mol. The number of carbonyl (C=O) groups excluding carboxylic acids is 1.